The van der Waals surface area contributed by atoms with Crippen molar-refractivity contribution in [3.05, 3.63) is 53.0 Å². The van der Waals surface area contributed by atoms with Crippen LogP contribution in [0.5, 0.6) is 5.75 Å². The van der Waals surface area contributed by atoms with E-state index in [0.29, 0.717) is 16.6 Å². The summed E-state index contributed by atoms with van der Waals surface area (Å²) in [5.74, 6) is -1.65. The Kier molecular flexibility index (Phi) is 5.40. The highest BCUT2D eigenvalue weighted by molar-refractivity contribution is 5.83. The van der Waals surface area contributed by atoms with E-state index >= 15 is 0 Å². The van der Waals surface area contributed by atoms with Crippen molar-refractivity contribution in [1.82, 2.24) is 4.57 Å². The molecule has 1 heterocycles. The molecule has 0 spiro atoms. The standard InChI is InChI=1S/C21H20F3NO5/c1-12(18(26)30-20(2,3)4)25-16-11-14(7-10-17(16)28-19(25)27)13-5-8-15(9-6-13)29-21(22,23)24/h5-12H,1-4H3. The molecular formula is C21H20F3NO5. The molecule has 0 amide bonds. The van der Waals surface area contributed by atoms with Crippen LogP contribution < -0.4 is 10.5 Å². The first kappa shape index (κ1) is 21.5. The average molecular weight is 423 g/mol. The Morgan fingerprint density at radius 2 is 1.63 bits per heavy atom. The molecule has 0 saturated heterocycles. The van der Waals surface area contributed by atoms with Gasteiger partial charge in [-0.1, -0.05) is 18.2 Å². The summed E-state index contributed by atoms with van der Waals surface area (Å²) in [7, 11) is 0. The fourth-order valence-corrected chi connectivity index (χ4v) is 2.92. The normalized spacial score (nSPS) is 13.3. The van der Waals surface area contributed by atoms with Gasteiger partial charge in [-0.25, -0.2) is 9.59 Å². The zero-order chi connectivity index (χ0) is 22.3. The van der Waals surface area contributed by atoms with Crippen molar-refractivity contribution >= 4 is 17.1 Å². The van der Waals surface area contributed by atoms with Gasteiger partial charge in [0.1, 0.15) is 17.4 Å². The number of carbonyl (C=O) groups excluding carboxylic acids is 1. The Hall–Kier alpha value is -3.23. The third-order valence-electron chi connectivity index (χ3n) is 4.17. The summed E-state index contributed by atoms with van der Waals surface area (Å²) in [6, 6.07) is 9.22. The number of oxazole rings is 1. The van der Waals surface area contributed by atoms with Crippen LogP contribution in [0, 0.1) is 0 Å². The maximum atomic E-state index is 12.4. The lowest BCUT2D eigenvalue weighted by molar-refractivity contribution is -0.274. The highest BCUT2D eigenvalue weighted by Crippen LogP contribution is 2.29. The minimum absolute atomic E-state index is 0.274. The highest BCUT2D eigenvalue weighted by atomic mass is 19.4. The van der Waals surface area contributed by atoms with Gasteiger partial charge in [-0.3, -0.25) is 4.57 Å². The zero-order valence-corrected chi connectivity index (χ0v) is 16.7. The Morgan fingerprint density at radius 1 is 1.03 bits per heavy atom. The summed E-state index contributed by atoms with van der Waals surface area (Å²) in [6.07, 6.45) is -4.77. The van der Waals surface area contributed by atoms with Crippen LogP contribution in [0.3, 0.4) is 0 Å². The van der Waals surface area contributed by atoms with Crippen molar-refractivity contribution in [1.29, 1.82) is 0 Å². The van der Waals surface area contributed by atoms with Crippen LogP contribution in [0.4, 0.5) is 13.2 Å². The summed E-state index contributed by atoms with van der Waals surface area (Å²) in [5.41, 5.74) is 1.13. The average Bonchev–Trinajstić information content (AvgIpc) is 2.93. The van der Waals surface area contributed by atoms with Gasteiger partial charge in [-0.05, 0) is 63.1 Å². The van der Waals surface area contributed by atoms with Crippen LogP contribution in [0.1, 0.15) is 33.7 Å². The number of fused-ring (bicyclic) bond motifs is 1. The predicted octanol–water partition coefficient (Wildman–Crippen LogP) is 5.06. The van der Waals surface area contributed by atoms with E-state index in [2.05, 4.69) is 4.74 Å². The van der Waals surface area contributed by atoms with E-state index in [-0.39, 0.29) is 11.3 Å². The Balaban J connectivity index is 1.97. The fourth-order valence-electron chi connectivity index (χ4n) is 2.92. The molecule has 0 fully saturated rings. The molecule has 30 heavy (non-hydrogen) atoms. The third kappa shape index (κ3) is 4.84. The Labute approximate surface area is 169 Å². The first-order valence-corrected chi connectivity index (χ1v) is 9.08. The highest BCUT2D eigenvalue weighted by Gasteiger charge is 2.31. The van der Waals surface area contributed by atoms with Crippen LogP contribution in [-0.2, 0) is 9.53 Å². The smallest absolute Gasteiger partial charge is 0.458 e. The van der Waals surface area contributed by atoms with Crippen molar-refractivity contribution in [3.8, 4) is 16.9 Å². The quantitative estimate of drug-likeness (QED) is 0.549. The molecule has 0 bridgehead atoms. The van der Waals surface area contributed by atoms with Gasteiger partial charge in [0, 0.05) is 0 Å². The molecule has 0 radical (unpaired) electrons. The lowest BCUT2D eigenvalue weighted by Crippen LogP contribution is -2.32. The van der Waals surface area contributed by atoms with Crippen LogP contribution >= 0.6 is 0 Å². The number of hydrogen-bond donors (Lipinski definition) is 0. The monoisotopic (exact) mass is 423 g/mol. The number of rotatable bonds is 4. The van der Waals surface area contributed by atoms with Crippen LogP contribution in [-0.4, -0.2) is 22.5 Å². The summed E-state index contributed by atoms with van der Waals surface area (Å²) in [6.45, 7) is 6.69. The molecule has 0 N–H and O–H groups in total. The number of nitrogens with zero attached hydrogens (tertiary/aromatic N) is 1. The number of hydrogen-bond acceptors (Lipinski definition) is 5. The summed E-state index contributed by atoms with van der Waals surface area (Å²) >= 11 is 0. The summed E-state index contributed by atoms with van der Waals surface area (Å²) in [5, 5.41) is 0. The van der Waals surface area contributed by atoms with Crippen molar-refractivity contribution in [2.24, 2.45) is 0 Å². The molecule has 0 aliphatic heterocycles. The molecule has 2 aromatic carbocycles. The number of esters is 1. The SMILES string of the molecule is CC(C(=O)OC(C)(C)C)n1c(=O)oc2ccc(-c3ccc(OC(F)(F)F)cc3)cc21. The van der Waals surface area contributed by atoms with Gasteiger partial charge in [-0.15, -0.1) is 13.2 Å². The molecule has 160 valence electrons. The van der Waals surface area contributed by atoms with Crippen LogP contribution in [0.15, 0.2) is 51.7 Å². The lowest BCUT2D eigenvalue weighted by atomic mass is 10.0. The van der Waals surface area contributed by atoms with Crippen LogP contribution in [0.25, 0.3) is 22.2 Å². The molecule has 6 nitrogen and oxygen atoms in total. The Bertz CT molecular complexity index is 1120. The number of aromatic nitrogens is 1. The van der Waals surface area contributed by atoms with Gasteiger partial charge < -0.3 is 13.9 Å². The number of benzene rings is 2. The number of carbonyl (C=O) groups is 1. The number of alkyl halides is 3. The van der Waals surface area contributed by atoms with E-state index in [0.717, 1.165) is 0 Å². The first-order valence-electron chi connectivity index (χ1n) is 9.08. The summed E-state index contributed by atoms with van der Waals surface area (Å²) in [4.78, 5) is 24.8. The largest absolute Gasteiger partial charge is 0.573 e. The number of ether oxygens (including phenoxy) is 2. The van der Waals surface area contributed by atoms with Gasteiger partial charge in [0.05, 0.1) is 5.52 Å². The summed E-state index contributed by atoms with van der Waals surface area (Å²) < 4.78 is 52.6. The van der Waals surface area contributed by atoms with Gasteiger partial charge in [0.25, 0.3) is 0 Å². The van der Waals surface area contributed by atoms with Gasteiger partial charge in [0.2, 0.25) is 0 Å². The molecule has 0 saturated carbocycles. The van der Waals surface area contributed by atoms with E-state index in [9.17, 15) is 22.8 Å². The molecule has 1 aromatic heterocycles. The molecule has 1 atom stereocenters. The molecular weight excluding hydrogens is 403 g/mol. The van der Waals surface area contributed by atoms with E-state index in [1.165, 1.54) is 35.8 Å². The van der Waals surface area contributed by atoms with Gasteiger partial charge >= 0.3 is 18.1 Å². The molecule has 0 aliphatic rings. The predicted molar refractivity (Wildman–Crippen MR) is 103 cm³/mol. The molecule has 3 rings (SSSR count). The van der Waals surface area contributed by atoms with E-state index in [1.54, 1.807) is 39.0 Å². The second-order valence-corrected chi connectivity index (χ2v) is 7.70. The van der Waals surface area contributed by atoms with Crippen molar-refractivity contribution in [3.63, 3.8) is 0 Å². The van der Waals surface area contributed by atoms with E-state index in [1.807, 2.05) is 0 Å². The zero-order valence-electron chi connectivity index (χ0n) is 16.7. The number of halogens is 3. The third-order valence-corrected chi connectivity index (χ3v) is 4.17. The molecule has 0 aliphatic carbocycles. The van der Waals surface area contributed by atoms with Crippen molar-refractivity contribution in [2.75, 3.05) is 0 Å². The second kappa shape index (κ2) is 7.55. The molecule has 3 aromatic rings. The van der Waals surface area contributed by atoms with E-state index < -0.39 is 29.7 Å². The maximum Gasteiger partial charge on any atom is 0.573 e. The fraction of sp³-hybridized carbons (Fsp3) is 0.333. The molecule has 9 heteroatoms. The lowest BCUT2D eigenvalue weighted by Gasteiger charge is -2.22. The van der Waals surface area contributed by atoms with Gasteiger partial charge in [0.15, 0.2) is 5.58 Å². The maximum absolute atomic E-state index is 12.4. The molecule has 1 unspecified atom stereocenters. The van der Waals surface area contributed by atoms with Crippen LogP contribution in [0.2, 0.25) is 0 Å². The first-order chi connectivity index (χ1) is 13.8. The van der Waals surface area contributed by atoms with E-state index in [4.69, 9.17) is 9.15 Å². The van der Waals surface area contributed by atoms with Gasteiger partial charge in [-0.2, -0.15) is 0 Å². The van der Waals surface area contributed by atoms with Crippen molar-refractivity contribution < 1.29 is 31.9 Å². The Morgan fingerprint density at radius 3 is 2.20 bits per heavy atom. The minimum Gasteiger partial charge on any atom is -0.458 e. The van der Waals surface area contributed by atoms with Crippen molar-refractivity contribution in [2.45, 2.75) is 45.7 Å². The minimum atomic E-state index is -4.77. The second-order valence-electron chi connectivity index (χ2n) is 7.70. The topological polar surface area (TPSA) is 70.7 Å².